The number of likely N-dealkylation sites (N-methyl/N-ethyl adjacent to an activating group) is 1. The van der Waals surface area contributed by atoms with Gasteiger partial charge >= 0.3 is 0 Å². The second-order valence-electron chi connectivity index (χ2n) is 12.3. The van der Waals surface area contributed by atoms with Crippen LogP contribution < -0.4 is 4.90 Å². The maximum Gasteiger partial charge on any atom is 0.269 e. The van der Waals surface area contributed by atoms with E-state index in [0.29, 0.717) is 11.2 Å². The molecule has 0 aliphatic carbocycles. The fraction of sp³-hybridized carbons (Fsp3) is 0.244. The fourth-order valence-electron chi connectivity index (χ4n) is 6.38. The van der Waals surface area contributed by atoms with E-state index in [-0.39, 0.29) is 4.90 Å². The largest absolute Gasteiger partial charge is 0.369 e. The molecule has 0 saturated carbocycles. The Balaban J connectivity index is 0.00000129. The molecule has 6 nitrogen and oxygen atoms in total. The number of benzene rings is 4. The Kier molecular flexibility index (Phi) is 10.1. The van der Waals surface area contributed by atoms with E-state index in [1.54, 1.807) is 30.5 Å². The summed E-state index contributed by atoms with van der Waals surface area (Å²) in [5, 5.41) is 1.68. The van der Waals surface area contributed by atoms with Crippen molar-refractivity contribution in [2.45, 2.75) is 38.5 Å². The zero-order chi connectivity index (χ0) is 33.7. The van der Waals surface area contributed by atoms with Crippen LogP contribution in [0.3, 0.4) is 0 Å². The number of pyridine rings is 1. The van der Waals surface area contributed by atoms with E-state index in [0.717, 1.165) is 71.2 Å². The van der Waals surface area contributed by atoms with Gasteiger partial charge in [-0.25, -0.2) is 17.4 Å². The van der Waals surface area contributed by atoms with E-state index < -0.39 is 10.0 Å². The summed E-state index contributed by atoms with van der Waals surface area (Å²) >= 11 is 0. The van der Waals surface area contributed by atoms with Gasteiger partial charge < -0.3 is 9.80 Å². The lowest BCUT2D eigenvalue weighted by molar-refractivity contribution is 0.313. The first kappa shape index (κ1) is 33.2. The molecule has 0 radical (unpaired) electrons. The lowest BCUT2D eigenvalue weighted by Gasteiger charge is -2.34. The molecular weight excluding hydrogens is 613 g/mol. The van der Waals surface area contributed by atoms with Gasteiger partial charge in [0.2, 0.25) is 0 Å². The van der Waals surface area contributed by atoms with Crippen LogP contribution in [0.2, 0.25) is 0 Å². The second-order valence-corrected chi connectivity index (χ2v) is 14.1. The van der Waals surface area contributed by atoms with Crippen LogP contribution >= 0.6 is 0 Å². The van der Waals surface area contributed by atoms with Gasteiger partial charge in [-0.15, -0.1) is 0 Å². The minimum Gasteiger partial charge on any atom is -0.369 e. The first-order chi connectivity index (χ1) is 23.4. The van der Waals surface area contributed by atoms with Gasteiger partial charge in [-0.05, 0) is 83.8 Å². The van der Waals surface area contributed by atoms with Crippen molar-refractivity contribution < 1.29 is 8.42 Å². The molecule has 0 amide bonds. The molecule has 0 atom stereocenters. The number of hydrogen-bond donors (Lipinski definition) is 0. The summed E-state index contributed by atoms with van der Waals surface area (Å²) in [6.45, 7) is 10.5. The number of allylic oxidation sites excluding steroid dienone is 1. The third-order valence-corrected chi connectivity index (χ3v) is 10.5. The highest BCUT2D eigenvalue weighted by molar-refractivity contribution is 7.90. The molecule has 6 aromatic rings. The predicted molar refractivity (Wildman–Crippen MR) is 201 cm³/mol. The normalized spacial score (nSPS) is 14.2. The molecule has 7 rings (SSSR count). The molecule has 0 unspecified atom stereocenters. The molecule has 4 aromatic carbocycles. The van der Waals surface area contributed by atoms with Gasteiger partial charge in [-0.2, -0.15) is 0 Å². The average molecular weight is 657 g/mol. The lowest BCUT2D eigenvalue weighted by atomic mass is 9.93. The standard InChI is InChI=1S/C38H36N4O2S.C3H8/c1-3-10-33(29-11-6-4-7-12-29)34-21-22-39-38-37(34)35-27-30(28-15-18-31(19-16-28)41-25-23-40(2)24-26-41)17-20-36(35)42(38)45(43,44)32-13-8-5-9-14-32;1-3-2/h4-22,27H,3,23-26H2,1-2H3;3H2,1-2H3/b33-10+;. The average Bonchev–Trinajstić information content (AvgIpc) is 3.47. The van der Waals surface area contributed by atoms with Crippen molar-refractivity contribution in [2.24, 2.45) is 0 Å². The SMILES string of the molecule is CC/C=C(\c1ccccc1)c1ccnc2c1c1cc(-c3ccc(N4CCN(C)CC4)cc3)ccc1n2S(=O)(=O)c1ccccc1.CCC. The summed E-state index contributed by atoms with van der Waals surface area (Å²) in [5.41, 5.74) is 7.46. The Morgan fingerprint density at radius 2 is 1.40 bits per heavy atom. The van der Waals surface area contributed by atoms with E-state index in [1.165, 1.54) is 16.1 Å². The van der Waals surface area contributed by atoms with Crippen LogP contribution in [0.1, 0.15) is 44.7 Å². The summed E-state index contributed by atoms with van der Waals surface area (Å²) in [6, 6.07) is 35.7. The quantitative estimate of drug-likeness (QED) is 0.172. The van der Waals surface area contributed by atoms with Gasteiger partial charge in [0.25, 0.3) is 10.0 Å². The van der Waals surface area contributed by atoms with Crippen molar-refractivity contribution >= 4 is 43.2 Å². The molecule has 0 bridgehead atoms. The zero-order valence-corrected chi connectivity index (χ0v) is 29.1. The molecule has 1 aliphatic rings. The van der Waals surface area contributed by atoms with E-state index in [9.17, 15) is 8.42 Å². The number of fused-ring (bicyclic) bond motifs is 3. The zero-order valence-electron chi connectivity index (χ0n) is 28.3. The monoisotopic (exact) mass is 656 g/mol. The summed E-state index contributed by atoms with van der Waals surface area (Å²) in [6.07, 6.45) is 6.01. The van der Waals surface area contributed by atoms with Crippen LogP contribution in [-0.2, 0) is 10.0 Å². The van der Waals surface area contributed by atoms with Crippen molar-refractivity contribution in [2.75, 3.05) is 38.1 Å². The maximum absolute atomic E-state index is 14.3. The van der Waals surface area contributed by atoms with Gasteiger partial charge in [0.15, 0.2) is 5.65 Å². The van der Waals surface area contributed by atoms with Crippen molar-refractivity contribution in [3.63, 3.8) is 0 Å². The Morgan fingerprint density at radius 3 is 2.04 bits per heavy atom. The Bertz CT molecular complexity index is 2130. The van der Waals surface area contributed by atoms with Crippen molar-refractivity contribution in [1.29, 1.82) is 0 Å². The minimum absolute atomic E-state index is 0.229. The van der Waals surface area contributed by atoms with Crippen LogP contribution in [0.4, 0.5) is 5.69 Å². The molecule has 1 aliphatic heterocycles. The molecular formula is C41H44N4O2S. The molecule has 2 aromatic heterocycles. The van der Waals surface area contributed by atoms with Gasteiger partial charge in [-0.3, -0.25) is 0 Å². The van der Waals surface area contributed by atoms with Crippen LogP contribution in [0.15, 0.2) is 126 Å². The highest BCUT2D eigenvalue weighted by atomic mass is 32.2. The molecule has 0 N–H and O–H groups in total. The smallest absolute Gasteiger partial charge is 0.269 e. The Morgan fingerprint density at radius 1 is 0.771 bits per heavy atom. The van der Waals surface area contributed by atoms with Crippen LogP contribution in [0.25, 0.3) is 38.6 Å². The number of aromatic nitrogens is 2. The lowest BCUT2D eigenvalue weighted by Crippen LogP contribution is -2.44. The van der Waals surface area contributed by atoms with Crippen molar-refractivity contribution in [3.05, 3.63) is 133 Å². The number of piperazine rings is 1. The molecule has 3 heterocycles. The number of anilines is 1. The summed E-state index contributed by atoms with van der Waals surface area (Å²) in [4.78, 5) is 9.74. The van der Waals surface area contributed by atoms with E-state index >= 15 is 0 Å². The number of hydrogen-bond acceptors (Lipinski definition) is 5. The second kappa shape index (κ2) is 14.6. The summed E-state index contributed by atoms with van der Waals surface area (Å²) in [7, 11) is -1.77. The van der Waals surface area contributed by atoms with Gasteiger partial charge in [-0.1, -0.05) is 100.0 Å². The summed E-state index contributed by atoms with van der Waals surface area (Å²) < 4.78 is 29.9. The van der Waals surface area contributed by atoms with E-state index in [1.807, 2.05) is 42.5 Å². The third kappa shape index (κ3) is 6.53. The number of rotatable bonds is 7. The van der Waals surface area contributed by atoms with E-state index in [2.05, 4.69) is 86.2 Å². The first-order valence-corrected chi connectivity index (χ1v) is 18.3. The Hall–Kier alpha value is -4.72. The maximum atomic E-state index is 14.3. The summed E-state index contributed by atoms with van der Waals surface area (Å²) in [5.74, 6) is 0. The molecule has 1 fully saturated rings. The Labute approximate surface area is 285 Å². The van der Waals surface area contributed by atoms with Crippen molar-refractivity contribution in [1.82, 2.24) is 13.9 Å². The van der Waals surface area contributed by atoms with Gasteiger partial charge in [0.1, 0.15) is 0 Å². The number of nitrogens with zero attached hydrogens (tertiary/aromatic N) is 4. The van der Waals surface area contributed by atoms with Gasteiger partial charge in [0, 0.05) is 48.8 Å². The van der Waals surface area contributed by atoms with Crippen LogP contribution in [0.5, 0.6) is 0 Å². The van der Waals surface area contributed by atoms with Crippen LogP contribution in [0, 0.1) is 0 Å². The fourth-order valence-corrected chi connectivity index (χ4v) is 7.87. The van der Waals surface area contributed by atoms with Crippen molar-refractivity contribution in [3.8, 4) is 11.1 Å². The molecule has 7 heteroatoms. The molecule has 246 valence electrons. The van der Waals surface area contributed by atoms with E-state index in [4.69, 9.17) is 4.98 Å². The minimum atomic E-state index is -3.94. The molecule has 48 heavy (non-hydrogen) atoms. The highest BCUT2D eigenvalue weighted by Gasteiger charge is 2.26. The highest BCUT2D eigenvalue weighted by Crippen LogP contribution is 2.39. The first-order valence-electron chi connectivity index (χ1n) is 16.9. The third-order valence-electron chi connectivity index (χ3n) is 8.74. The predicted octanol–water partition coefficient (Wildman–Crippen LogP) is 9.10. The topological polar surface area (TPSA) is 58.4 Å². The molecule has 1 saturated heterocycles. The molecule has 0 spiro atoms. The van der Waals surface area contributed by atoms with Crippen LogP contribution in [-0.4, -0.2) is 55.5 Å². The van der Waals surface area contributed by atoms with Gasteiger partial charge in [0.05, 0.1) is 10.4 Å².